The maximum Gasteiger partial charge on any atom is 0.174 e. The topological polar surface area (TPSA) is 37.6 Å². The molecule has 0 amide bonds. The molecular formula is C19H26N2O2S. The van der Waals surface area contributed by atoms with Gasteiger partial charge in [-0.25, -0.2) is 0 Å². The van der Waals surface area contributed by atoms with Gasteiger partial charge in [0.15, 0.2) is 5.11 Å². The molecule has 0 aliphatic heterocycles. The van der Waals surface area contributed by atoms with Gasteiger partial charge in [0.25, 0.3) is 0 Å². The third-order valence-corrected chi connectivity index (χ3v) is 4.53. The number of aryl methyl sites for hydroxylation is 2. The lowest BCUT2D eigenvalue weighted by Gasteiger charge is -2.31. The van der Waals surface area contributed by atoms with Crippen molar-refractivity contribution < 1.29 is 9.15 Å². The predicted octanol–water partition coefficient (Wildman–Crippen LogP) is 4.56. The lowest BCUT2D eigenvalue weighted by Crippen LogP contribution is -2.39. The number of thiocarbonyl (C=S) groups is 1. The number of benzene rings is 1. The zero-order chi connectivity index (χ0) is 17.5. The molecule has 0 saturated heterocycles. The molecule has 130 valence electrons. The Bertz CT molecular complexity index is 655. The molecule has 0 bridgehead atoms. The number of nitrogens with one attached hydrogen (secondary N) is 1. The number of para-hydroxylation sites is 1. The monoisotopic (exact) mass is 346 g/mol. The van der Waals surface area contributed by atoms with Crippen LogP contribution in [0, 0.1) is 6.92 Å². The van der Waals surface area contributed by atoms with E-state index in [4.69, 9.17) is 21.4 Å². The first-order chi connectivity index (χ1) is 11.6. The van der Waals surface area contributed by atoms with E-state index in [1.54, 1.807) is 13.4 Å². The fraction of sp³-hybridized carbons (Fsp3) is 0.421. The number of furan rings is 1. The van der Waals surface area contributed by atoms with E-state index in [0.717, 1.165) is 17.9 Å². The second-order valence-corrected chi connectivity index (χ2v) is 6.16. The van der Waals surface area contributed by atoms with Crippen molar-refractivity contribution >= 4 is 23.0 Å². The van der Waals surface area contributed by atoms with Crippen LogP contribution in [0.15, 0.2) is 41.0 Å². The van der Waals surface area contributed by atoms with Crippen LogP contribution in [0.25, 0.3) is 0 Å². The summed E-state index contributed by atoms with van der Waals surface area (Å²) in [5.74, 6) is 0.885. The van der Waals surface area contributed by atoms with Gasteiger partial charge in [0.2, 0.25) is 0 Å². The van der Waals surface area contributed by atoms with Crippen LogP contribution in [0.4, 0.5) is 5.69 Å². The number of rotatable bonds is 7. The maximum atomic E-state index is 5.71. The second kappa shape index (κ2) is 8.85. The van der Waals surface area contributed by atoms with Crippen molar-refractivity contribution in [2.45, 2.75) is 33.2 Å². The van der Waals surface area contributed by atoms with E-state index < -0.39 is 0 Å². The molecule has 1 aromatic heterocycles. The van der Waals surface area contributed by atoms with Gasteiger partial charge < -0.3 is 19.4 Å². The zero-order valence-corrected chi connectivity index (χ0v) is 15.7. The van der Waals surface area contributed by atoms with Crippen molar-refractivity contribution in [2.24, 2.45) is 0 Å². The molecule has 0 saturated carbocycles. The van der Waals surface area contributed by atoms with E-state index in [2.05, 4.69) is 49.2 Å². The van der Waals surface area contributed by atoms with Crippen LogP contribution in [0.2, 0.25) is 0 Å². The van der Waals surface area contributed by atoms with E-state index in [9.17, 15) is 0 Å². The van der Waals surface area contributed by atoms with Gasteiger partial charge in [-0.2, -0.15) is 0 Å². The molecular weight excluding hydrogens is 320 g/mol. The first-order valence-electron chi connectivity index (χ1n) is 8.26. The summed E-state index contributed by atoms with van der Waals surface area (Å²) in [6, 6.07) is 10.2. The van der Waals surface area contributed by atoms with Gasteiger partial charge in [-0.3, -0.25) is 0 Å². The standard InChI is InChI=1S/C19H26N2O2S/c1-5-16-9-6-8-14(2)18(16)20-19(24)21(11-13-22-4)15(3)17-10-7-12-23-17/h6-10,12,15H,5,11,13H2,1-4H3,(H,20,24)/t15-/m0/s1. The molecule has 0 spiro atoms. The number of nitrogens with zero attached hydrogens (tertiary/aromatic N) is 1. The van der Waals surface area contributed by atoms with Crippen LogP contribution in [0.3, 0.4) is 0 Å². The van der Waals surface area contributed by atoms with Gasteiger partial charge in [0.05, 0.1) is 18.9 Å². The van der Waals surface area contributed by atoms with E-state index in [1.165, 1.54) is 11.1 Å². The van der Waals surface area contributed by atoms with Crippen molar-refractivity contribution in [1.82, 2.24) is 4.90 Å². The molecule has 0 unspecified atom stereocenters. The highest BCUT2D eigenvalue weighted by Gasteiger charge is 2.21. The fourth-order valence-electron chi connectivity index (χ4n) is 2.72. The Morgan fingerprint density at radius 2 is 2.12 bits per heavy atom. The molecule has 5 heteroatoms. The first-order valence-corrected chi connectivity index (χ1v) is 8.67. The van der Waals surface area contributed by atoms with Gasteiger partial charge in [0.1, 0.15) is 5.76 Å². The minimum Gasteiger partial charge on any atom is -0.467 e. The molecule has 2 rings (SSSR count). The number of hydrogen-bond donors (Lipinski definition) is 1. The van der Waals surface area contributed by atoms with E-state index in [-0.39, 0.29) is 6.04 Å². The predicted molar refractivity (Wildman–Crippen MR) is 102 cm³/mol. The highest BCUT2D eigenvalue weighted by molar-refractivity contribution is 7.80. The van der Waals surface area contributed by atoms with Crippen LogP contribution in [-0.4, -0.2) is 30.3 Å². The molecule has 1 N–H and O–H groups in total. The van der Waals surface area contributed by atoms with E-state index >= 15 is 0 Å². The fourth-order valence-corrected chi connectivity index (χ4v) is 3.08. The molecule has 0 aliphatic rings. The maximum absolute atomic E-state index is 5.71. The van der Waals surface area contributed by atoms with Crippen LogP contribution in [0.5, 0.6) is 0 Å². The number of ether oxygens (including phenoxy) is 1. The average Bonchev–Trinajstić information content (AvgIpc) is 3.11. The molecule has 0 fully saturated rings. The van der Waals surface area contributed by atoms with Crippen LogP contribution in [0.1, 0.15) is 36.8 Å². The summed E-state index contributed by atoms with van der Waals surface area (Å²) in [7, 11) is 1.70. The average molecular weight is 346 g/mol. The van der Waals surface area contributed by atoms with Crippen molar-refractivity contribution in [3.8, 4) is 0 Å². The summed E-state index contributed by atoms with van der Waals surface area (Å²) in [6.07, 6.45) is 2.64. The van der Waals surface area contributed by atoms with Gasteiger partial charge >= 0.3 is 0 Å². The van der Waals surface area contributed by atoms with Crippen LogP contribution >= 0.6 is 12.2 Å². The van der Waals surface area contributed by atoms with Crippen LogP contribution in [-0.2, 0) is 11.2 Å². The summed E-state index contributed by atoms with van der Waals surface area (Å²) in [5, 5.41) is 4.12. The van der Waals surface area contributed by atoms with Gasteiger partial charge in [-0.15, -0.1) is 0 Å². The first kappa shape index (κ1) is 18.5. The molecule has 24 heavy (non-hydrogen) atoms. The van der Waals surface area contributed by atoms with Gasteiger partial charge in [-0.1, -0.05) is 25.1 Å². The number of anilines is 1. The second-order valence-electron chi connectivity index (χ2n) is 5.77. The highest BCUT2D eigenvalue weighted by atomic mass is 32.1. The normalized spacial score (nSPS) is 12.0. The highest BCUT2D eigenvalue weighted by Crippen LogP contribution is 2.25. The lowest BCUT2D eigenvalue weighted by molar-refractivity contribution is 0.160. The molecule has 1 atom stereocenters. The van der Waals surface area contributed by atoms with E-state index in [0.29, 0.717) is 18.3 Å². The third kappa shape index (κ3) is 4.36. The Balaban J connectivity index is 2.22. The number of methoxy groups -OCH3 is 1. The number of hydrogen-bond acceptors (Lipinski definition) is 3. The zero-order valence-electron chi connectivity index (χ0n) is 14.8. The van der Waals surface area contributed by atoms with Crippen molar-refractivity contribution in [3.05, 3.63) is 53.5 Å². The molecule has 2 aromatic rings. The Morgan fingerprint density at radius 3 is 2.75 bits per heavy atom. The van der Waals surface area contributed by atoms with Crippen LogP contribution < -0.4 is 5.32 Å². The SMILES string of the molecule is CCc1cccc(C)c1NC(=S)N(CCOC)[C@@H](C)c1ccco1. The summed E-state index contributed by atoms with van der Waals surface area (Å²) in [5.41, 5.74) is 3.54. The summed E-state index contributed by atoms with van der Waals surface area (Å²) in [4.78, 5) is 2.10. The largest absolute Gasteiger partial charge is 0.467 e. The summed E-state index contributed by atoms with van der Waals surface area (Å²) in [6.45, 7) is 7.62. The van der Waals surface area contributed by atoms with Gasteiger partial charge in [0, 0.05) is 19.3 Å². The van der Waals surface area contributed by atoms with Crippen molar-refractivity contribution in [2.75, 3.05) is 25.6 Å². The van der Waals surface area contributed by atoms with Crippen molar-refractivity contribution in [1.29, 1.82) is 0 Å². The van der Waals surface area contributed by atoms with Crippen molar-refractivity contribution in [3.63, 3.8) is 0 Å². The minimum atomic E-state index is 0.0317. The molecule has 1 aromatic carbocycles. The summed E-state index contributed by atoms with van der Waals surface area (Å²) >= 11 is 5.71. The molecule has 1 heterocycles. The minimum absolute atomic E-state index is 0.0317. The molecule has 0 aliphatic carbocycles. The Kier molecular flexibility index (Phi) is 6.82. The third-order valence-electron chi connectivity index (χ3n) is 4.19. The van der Waals surface area contributed by atoms with E-state index in [1.807, 2.05) is 12.1 Å². The molecule has 0 radical (unpaired) electrons. The summed E-state index contributed by atoms with van der Waals surface area (Å²) < 4.78 is 10.8. The smallest absolute Gasteiger partial charge is 0.174 e. The quantitative estimate of drug-likeness (QED) is 0.744. The Labute approximate surface area is 149 Å². The van der Waals surface area contributed by atoms with Gasteiger partial charge in [-0.05, 0) is 55.7 Å². The molecule has 4 nitrogen and oxygen atoms in total. The Hall–Kier alpha value is -1.85. The Morgan fingerprint density at radius 1 is 1.33 bits per heavy atom. The lowest BCUT2D eigenvalue weighted by atomic mass is 10.1.